The van der Waals surface area contributed by atoms with E-state index in [1.807, 2.05) is 91.0 Å². The Kier molecular flexibility index (Phi) is 4.65. The Labute approximate surface area is 136 Å². The molecule has 3 aromatic carbocycles. The maximum Gasteiger partial charge on any atom is 0.195 e. The number of Topliss-reactive ketones (excluding diaryl/α,β-unsaturated/α-hetero) is 1. The molecular weight excluding hydrogens is 282 g/mol. The summed E-state index contributed by atoms with van der Waals surface area (Å²) in [6.07, 6.45) is 1.78. The van der Waals surface area contributed by atoms with Gasteiger partial charge in [-0.3, -0.25) is 4.79 Å². The summed E-state index contributed by atoms with van der Waals surface area (Å²) in [7, 11) is 0. The molecule has 0 amide bonds. The average Bonchev–Trinajstić information content (AvgIpc) is 2.64. The summed E-state index contributed by atoms with van der Waals surface area (Å²) in [6, 6.07) is 28.8. The van der Waals surface area contributed by atoms with Crippen LogP contribution in [0.5, 0.6) is 0 Å². The van der Waals surface area contributed by atoms with E-state index in [0.717, 1.165) is 11.3 Å². The van der Waals surface area contributed by atoms with E-state index in [0.29, 0.717) is 11.1 Å². The molecule has 0 heterocycles. The molecule has 1 N–H and O–H groups in total. The molecule has 2 heteroatoms. The average molecular weight is 299 g/mol. The molecule has 0 aliphatic rings. The van der Waals surface area contributed by atoms with Crippen LogP contribution in [0.4, 0.5) is 5.69 Å². The third kappa shape index (κ3) is 3.74. The second kappa shape index (κ2) is 7.23. The zero-order valence-corrected chi connectivity index (χ0v) is 12.6. The van der Waals surface area contributed by atoms with E-state index >= 15 is 0 Å². The number of carbonyl (C=O) groups excluding carboxylic acids is 1. The monoisotopic (exact) mass is 299 g/mol. The van der Waals surface area contributed by atoms with Crippen molar-refractivity contribution in [3.05, 3.63) is 108 Å². The van der Waals surface area contributed by atoms with Gasteiger partial charge >= 0.3 is 0 Å². The van der Waals surface area contributed by atoms with Gasteiger partial charge in [-0.2, -0.15) is 0 Å². The van der Waals surface area contributed by atoms with Crippen LogP contribution >= 0.6 is 0 Å². The highest BCUT2D eigenvalue weighted by atomic mass is 16.1. The van der Waals surface area contributed by atoms with E-state index in [4.69, 9.17) is 0 Å². The van der Waals surface area contributed by atoms with Crippen molar-refractivity contribution in [1.29, 1.82) is 0 Å². The van der Waals surface area contributed by atoms with Crippen LogP contribution in [0.25, 0.3) is 5.57 Å². The summed E-state index contributed by atoms with van der Waals surface area (Å²) in [4.78, 5) is 12.9. The van der Waals surface area contributed by atoms with Crippen molar-refractivity contribution in [3.63, 3.8) is 0 Å². The van der Waals surface area contributed by atoms with Crippen LogP contribution in [-0.4, -0.2) is 5.78 Å². The summed E-state index contributed by atoms with van der Waals surface area (Å²) in [5.41, 5.74) is 3.16. The fourth-order valence-corrected chi connectivity index (χ4v) is 2.33. The van der Waals surface area contributed by atoms with Crippen molar-refractivity contribution in [2.24, 2.45) is 0 Å². The topological polar surface area (TPSA) is 29.1 Å². The van der Waals surface area contributed by atoms with Crippen LogP contribution in [0.3, 0.4) is 0 Å². The fourth-order valence-electron chi connectivity index (χ4n) is 2.33. The maximum atomic E-state index is 12.9. The molecule has 3 rings (SSSR count). The largest absolute Gasteiger partial charge is 0.361 e. The van der Waals surface area contributed by atoms with Gasteiger partial charge in [-0.1, -0.05) is 78.9 Å². The predicted molar refractivity (Wildman–Crippen MR) is 95.3 cm³/mol. The molecular formula is C21H17NO. The Balaban J connectivity index is 1.96. The van der Waals surface area contributed by atoms with Gasteiger partial charge in [0.2, 0.25) is 0 Å². The molecule has 0 radical (unpaired) electrons. The molecule has 0 bridgehead atoms. The number of allylic oxidation sites excluding steroid dienone is 1. The van der Waals surface area contributed by atoms with Crippen LogP contribution in [0.1, 0.15) is 15.9 Å². The van der Waals surface area contributed by atoms with Crippen molar-refractivity contribution < 1.29 is 4.79 Å². The van der Waals surface area contributed by atoms with Gasteiger partial charge in [-0.25, -0.2) is 0 Å². The normalized spacial score (nSPS) is 11.0. The molecule has 112 valence electrons. The van der Waals surface area contributed by atoms with Crippen LogP contribution < -0.4 is 5.32 Å². The number of para-hydroxylation sites is 1. The van der Waals surface area contributed by atoms with Gasteiger partial charge in [0, 0.05) is 23.0 Å². The minimum absolute atomic E-state index is 0.000214. The van der Waals surface area contributed by atoms with Crippen LogP contribution in [0.15, 0.2) is 97.2 Å². The smallest absolute Gasteiger partial charge is 0.195 e. The minimum Gasteiger partial charge on any atom is -0.361 e. The Hall–Kier alpha value is -3.13. The number of nitrogens with one attached hydrogen (secondary N) is 1. The molecule has 2 nitrogen and oxygen atoms in total. The highest BCUT2D eigenvalue weighted by Gasteiger charge is 2.13. The Morgan fingerprint density at radius 3 is 1.70 bits per heavy atom. The summed E-state index contributed by atoms with van der Waals surface area (Å²) in [5, 5.41) is 3.21. The fraction of sp³-hybridized carbons (Fsp3) is 0. The SMILES string of the molecule is O=C(/C(=C/Nc1ccccc1)c1ccccc1)c1ccccc1. The molecule has 3 aromatic rings. The molecule has 0 aromatic heterocycles. The first-order valence-corrected chi connectivity index (χ1v) is 7.51. The summed E-state index contributed by atoms with van der Waals surface area (Å²) >= 11 is 0. The lowest BCUT2D eigenvalue weighted by Crippen LogP contribution is -2.05. The lowest BCUT2D eigenvalue weighted by Gasteiger charge is -2.09. The van der Waals surface area contributed by atoms with Crippen molar-refractivity contribution >= 4 is 17.0 Å². The van der Waals surface area contributed by atoms with Crippen LogP contribution in [0.2, 0.25) is 0 Å². The van der Waals surface area contributed by atoms with Gasteiger partial charge in [0.25, 0.3) is 0 Å². The second-order valence-electron chi connectivity index (χ2n) is 5.13. The number of hydrogen-bond acceptors (Lipinski definition) is 2. The van der Waals surface area contributed by atoms with E-state index in [2.05, 4.69) is 5.32 Å². The molecule has 23 heavy (non-hydrogen) atoms. The van der Waals surface area contributed by atoms with E-state index < -0.39 is 0 Å². The number of carbonyl (C=O) groups is 1. The first-order chi connectivity index (χ1) is 11.3. The third-order valence-corrected chi connectivity index (χ3v) is 3.52. The lowest BCUT2D eigenvalue weighted by molar-refractivity contribution is 0.105. The second-order valence-corrected chi connectivity index (χ2v) is 5.13. The highest BCUT2D eigenvalue weighted by molar-refractivity contribution is 6.29. The van der Waals surface area contributed by atoms with Crippen LogP contribution in [-0.2, 0) is 0 Å². The zero-order chi connectivity index (χ0) is 15.9. The zero-order valence-electron chi connectivity index (χ0n) is 12.6. The molecule has 0 saturated carbocycles. The number of rotatable bonds is 5. The summed E-state index contributed by atoms with van der Waals surface area (Å²) < 4.78 is 0. The first kappa shape index (κ1) is 14.8. The Morgan fingerprint density at radius 2 is 1.13 bits per heavy atom. The molecule has 0 fully saturated rings. The number of benzene rings is 3. The van der Waals surface area contributed by atoms with E-state index in [9.17, 15) is 4.79 Å². The van der Waals surface area contributed by atoms with Gasteiger partial charge in [-0.05, 0) is 17.7 Å². The minimum atomic E-state index is 0.000214. The molecule has 0 saturated heterocycles. The van der Waals surface area contributed by atoms with E-state index in [1.165, 1.54) is 0 Å². The number of hydrogen-bond donors (Lipinski definition) is 1. The van der Waals surface area contributed by atoms with Gasteiger partial charge in [0.05, 0.1) is 0 Å². The van der Waals surface area contributed by atoms with E-state index in [-0.39, 0.29) is 5.78 Å². The maximum absolute atomic E-state index is 12.9. The van der Waals surface area contributed by atoms with Gasteiger partial charge in [-0.15, -0.1) is 0 Å². The van der Waals surface area contributed by atoms with Gasteiger partial charge in [0.1, 0.15) is 0 Å². The third-order valence-electron chi connectivity index (χ3n) is 3.52. The summed E-state index contributed by atoms with van der Waals surface area (Å²) in [5.74, 6) is 0.000214. The molecule has 0 atom stereocenters. The first-order valence-electron chi connectivity index (χ1n) is 7.51. The summed E-state index contributed by atoms with van der Waals surface area (Å²) in [6.45, 7) is 0. The van der Waals surface area contributed by atoms with E-state index in [1.54, 1.807) is 6.20 Å². The predicted octanol–water partition coefficient (Wildman–Crippen LogP) is 5.02. The van der Waals surface area contributed by atoms with Crippen molar-refractivity contribution in [1.82, 2.24) is 0 Å². The quantitative estimate of drug-likeness (QED) is 0.529. The van der Waals surface area contributed by atoms with Crippen molar-refractivity contribution in [2.75, 3.05) is 5.32 Å². The number of ketones is 1. The lowest BCUT2D eigenvalue weighted by atomic mass is 9.97. The van der Waals surface area contributed by atoms with Gasteiger partial charge < -0.3 is 5.32 Å². The molecule has 0 spiro atoms. The number of anilines is 1. The van der Waals surface area contributed by atoms with Crippen molar-refractivity contribution in [2.45, 2.75) is 0 Å². The molecule has 0 aliphatic carbocycles. The van der Waals surface area contributed by atoms with Crippen LogP contribution in [0, 0.1) is 0 Å². The molecule has 0 unspecified atom stereocenters. The standard InChI is InChI=1S/C21H17NO/c23-21(18-12-6-2-7-13-18)20(17-10-4-1-5-11-17)16-22-19-14-8-3-9-15-19/h1-16,22H/b20-16+. The van der Waals surface area contributed by atoms with Crippen molar-refractivity contribution in [3.8, 4) is 0 Å². The Bertz CT molecular complexity index is 793. The highest BCUT2D eigenvalue weighted by Crippen LogP contribution is 2.20. The van der Waals surface area contributed by atoms with Gasteiger partial charge in [0.15, 0.2) is 5.78 Å². The molecule has 0 aliphatic heterocycles. The Morgan fingerprint density at radius 1 is 0.652 bits per heavy atom.